The molecule has 1 saturated heterocycles. The summed E-state index contributed by atoms with van der Waals surface area (Å²) in [5.74, 6) is 0.0415. The van der Waals surface area contributed by atoms with Crippen molar-refractivity contribution in [1.82, 2.24) is 4.31 Å². The van der Waals surface area contributed by atoms with Crippen LogP contribution in [0.25, 0.3) is 0 Å². The predicted molar refractivity (Wildman–Crippen MR) is 122 cm³/mol. The van der Waals surface area contributed by atoms with Crippen molar-refractivity contribution < 1.29 is 32.2 Å². The first-order chi connectivity index (χ1) is 15.8. The number of methoxy groups -OCH3 is 3. The summed E-state index contributed by atoms with van der Waals surface area (Å²) in [6, 6.07) is 9.29. The van der Waals surface area contributed by atoms with E-state index in [0.717, 1.165) is 12.8 Å². The highest BCUT2D eigenvalue weighted by atomic mass is 32.2. The van der Waals surface area contributed by atoms with Crippen molar-refractivity contribution in [3.63, 3.8) is 0 Å². The van der Waals surface area contributed by atoms with E-state index in [4.69, 9.17) is 14.2 Å². The van der Waals surface area contributed by atoms with Crippen LogP contribution in [0.15, 0.2) is 41.3 Å². The molecule has 2 aromatic carbocycles. The Hall–Kier alpha value is -3.11. The molecule has 10 heteroatoms. The van der Waals surface area contributed by atoms with Crippen LogP contribution in [0.1, 0.15) is 35.2 Å². The van der Waals surface area contributed by atoms with E-state index >= 15 is 0 Å². The Balaban J connectivity index is 1.75. The maximum absolute atomic E-state index is 12.9. The third-order valence-corrected chi connectivity index (χ3v) is 7.37. The van der Waals surface area contributed by atoms with Crippen LogP contribution in [0.2, 0.25) is 0 Å². The van der Waals surface area contributed by atoms with Crippen LogP contribution in [0, 0.1) is 0 Å². The van der Waals surface area contributed by atoms with Crippen molar-refractivity contribution in [3.8, 4) is 11.5 Å². The molecule has 1 aliphatic heterocycles. The molecular formula is C23H28N2O7S. The third-order valence-electron chi connectivity index (χ3n) is 5.47. The zero-order chi connectivity index (χ0) is 24.0. The molecule has 1 fully saturated rings. The van der Waals surface area contributed by atoms with Gasteiger partial charge in [-0.05, 0) is 61.2 Å². The summed E-state index contributed by atoms with van der Waals surface area (Å²) < 4.78 is 42.6. The fourth-order valence-electron chi connectivity index (χ4n) is 3.70. The van der Waals surface area contributed by atoms with Crippen LogP contribution in [-0.4, -0.2) is 59.0 Å². The van der Waals surface area contributed by atoms with Gasteiger partial charge in [0.2, 0.25) is 15.9 Å². The van der Waals surface area contributed by atoms with E-state index < -0.39 is 16.0 Å². The first kappa shape index (κ1) is 24.5. The lowest BCUT2D eigenvalue weighted by Crippen LogP contribution is -2.28. The number of carbonyl (C=O) groups excluding carboxylic acids is 2. The van der Waals surface area contributed by atoms with Gasteiger partial charge in [0.25, 0.3) is 0 Å². The molecule has 178 valence electrons. The highest BCUT2D eigenvalue weighted by Crippen LogP contribution is 2.29. The van der Waals surface area contributed by atoms with Crippen molar-refractivity contribution in [3.05, 3.63) is 47.5 Å². The Kier molecular flexibility index (Phi) is 7.93. The Morgan fingerprint density at radius 1 is 0.970 bits per heavy atom. The van der Waals surface area contributed by atoms with Gasteiger partial charge < -0.3 is 19.5 Å². The average molecular weight is 477 g/mol. The fraction of sp³-hybridized carbons (Fsp3) is 0.391. The Labute approximate surface area is 193 Å². The van der Waals surface area contributed by atoms with Crippen LogP contribution in [0.3, 0.4) is 0 Å². The lowest BCUT2D eigenvalue weighted by atomic mass is 10.1. The first-order valence-electron chi connectivity index (χ1n) is 10.5. The lowest BCUT2D eigenvalue weighted by molar-refractivity contribution is -0.116. The van der Waals surface area contributed by atoms with Crippen molar-refractivity contribution >= 4 is 27.6 Å². The second-order valence-electron chi connectivity index (χ2n) is 7.54. The SMILES string of the molecule is COC(=O)c1ccc(OC)c(NC(=O)CCc2cc(S(=O)(=O)N3CCCC3)ccc2OC)c1. The molecule has 2 aromatic rings. The quantitative estimate of drug-likeness (QED) is 0.554. The summed E-state index contributed by atoms with van der Waals surface area (Å²) >= 11 is 0. The van der Waals surface area contributed by atoms with Gasteiger partial charge in [0, 0.05) is 19.5 Å². The van der Waals surface area contributed by atoms with Crippen LogP contribution in [0.4, 0.5) is 5.69 Å². The van der Waals surface area contributed by atoms with Gasteiger partial charge in [-0.2, -0.15) is 4.31 Å². The van der Waals surface area contributed by atoms with E-state index in [1.165, 1.54) is 43.8 Å². The maximum Gasteiger partial charge on any atom is 0.337 e. The number of anilines is 1. The molecule has 1 amide bonds. The second-order valence-corrected chi connectivity index (χ2v) is 9.48. The van der Waals surface area contributed by atoms with Crippen LogP contribution < -0.4 is 14.8 Å². The molecule has 0 atom stereocenters. The number of aryl methyl sites for hydroxylation is 1. The summed E-state index contributed by atoms with van der Waals surface area (Å²) in [5.41, 5.74) is 1.22. The van der Waals surface area contributed by atoms with Gasteiger partial charge in [-0.3, -0.25) is 4.79 Å². The maximum atomic E-state index is 12.9. The highest BCUT2D eigenvalue weighted by Gasteiger charge is 2.28. The van der Waals surface area contributed by atoms with Crippen LogP contribution in [-0.2, 0) is 26.0 Å². The van der Waals surface area contributed by atoms with E-state index in [9.17, 15) is 18.0 Å². The molecule has 3 rings (SSSR count). The largest absolute Gasteiger partial charge is 0.496 e. The van der Waals surface area contributed by atoms with E-state index in [0.29, 0.717) is 35.8 Å². The number of rotatable bonds is 9. The number of amides is 1. The Morgan fingerprint density at radius 2 is 1.64 bits per heavy atom. The van der Waals surface area contributed by atoms with Gasteiger partial charge in [0.15, 0.2) is 0 Å². The molecule has 1 N–H and O–H groups in total. The Morgan fingerprint density at radius 3 is 2.27 bits per heavy atom. The molecule has 0 saturated carbocycles. The van der Waals surface area contributed by atoms with E-state index in [-0.39, 0.29) is 29.2 Å². The van der Waals surface area contributed by atoms with Gasteiger partial charge in [-0.1, -0.05) is 0 Å². The van der Waals surface area contributed by atoms with Crippen LogP contribution in [0.5, 0.6) is 11.5 Å². The number of benzene rings is 2. The molecule has 0 spiro atoms. The molecule has 0 unspecified atom stereocenters. The predicted octanol–water partition coefficient (Wildman–Crippen LogP) is 2.85. The molecule has 0 aliphatic carbocycles. The summed E-state index contributed by atoms with van der Waals surface area (Å²) in [6.45, 7) is 1.02. The van der Waals surface area contributed by atoms with Gasteiger partial charge in [-0.25, -0.2) is 13.2 Å². The van der Waals surface area contributed by atoms with Crippen molar-refractivity contribution in [2.45, 2.75) is 30.6 Å². The molecule has 0 aromatic heterocycles. The van der Waals surface area contributed by atoms with Gasteiger partial charge in [0.1, 0.15) is 11.5 Å². The van der Waals surface area contributed by atoms with Crippen molar-refractivity contribution in [2.75, 3.05) is 39.7 Å². The normalized spacial score (nSPS) is 14.0. The van der Waals surface area contributed by atoms with Gasteiger partial charge in [-0.15, -0.1) is 0 Å². The highest BCUT2D eigenvalue weighted by molar-refractivity contribution is 7.89. The smallest absolute Gasteiger partial charge is 0.337 e. The summed E-state index contributed by atoms with van der Waals surface area (Å²) in [6.07, 6.45) is 2.03. The number of esters is 1. The summed E-state index contributed by atoms with van der Waals surface area (Å²) in [5, 5.41) is 2.74. The topological polar surface area (TPSA) is 111 Å². The van der Waals surface area contributed by atoms with Crippen molar-refractivity contribution in [2.24, 2.45) is 0 Å². The number of ether oxygens (including phenoxy) is 3. The Bertz CT molecular complexity index is 1130. The second kappa shape index (κ2) is 10.7. The monoisotopic (exact) mass is 476 g/mol. The lowest BCUT2D eigenvalue weighted by Gasteiger charge is -2.17. The molecule has 9 nitrogen and oxygen atoms in total. The minimum atomic E-state index is -3.58. The summed E-state index contributed by atoms with van der Waals surface area (Å²) in [4.78, 5) is 24.6. The standard InChI is InChI=1S/C23H28N2O7S/c1-30-20-10-8-18(33(28,29)25-12-4-5-13-25)14-16(20)7-11-22(26)24-19-15-17(23(27)32-3)6-9-21(19)31-2/h6,8-10,14-15H,4-5,7,11-13H2,1-3H3,(H,24,26). The molecule has 1 heterocycles. The van der Waals surface area contributed by atoms with Gasteiger partial charge in [0.05, 0.1) is 37.5 Å². The van der Waals surface area contributed by atoms with Crippen molar-refractivity contribution in [1.29, 1.82) is 0 Å². The zero-order valence-electron chi connectivity index (χ0n) is 18.9. The number of nitrogens with one attached hydrogen (secondary N) is 1. The number of carbonyl (C=O) groups is 2. The minimum absolute atomic E-state index is 0.0647. The average Bonchev–Trinajstić information content (AvgIpc) is 3.38. The summed E-state index contributed by atoms with van der Waals surface area (Å²) in [7, 11) is 0.648. The molecule has 33 heavy (non-hydrogen) atoms. The number of hydrogen-bond acceptors (Lipinski definition) is 7. The molecular weight excluding hydrogens is 448 g/mol. The zero-order valence-corrected chi connectivity index (χ0v) is 19.7. The third kappa shape index (κ3) is 5.63. The molecule has 1 aliphatic rings. The number of hydrogen-bond donors (Lipinski definition) is 1. The first-order valence-corrected chi connectivity index (χ1v) is 12.0. The molecule has 0 bridgehead atoms. The fourth-order valence-corrected chi connectivity index (χ4v) is 5.27. The molecule has 0 radical (unpaired) electrons. The number of nitrogens with zero attached hydrogens (tertiary/aromatic N) is 1. The van der Waals surface area contributed by atoms with Gasteiger partial charge >= 0.3 is 5.97 Å². The van der Waals surface area contributed by atoms with E-state index in [2.05, 4.69) is 5.32 Å². The van der Waals surface area contributed by atoms with Crippen LogP contribution >= 0.6 is 0 Å². The number of sulfonamides is 1. The van der Waals surface area contributed by atoms with E-state index in [1.54, 1.807) is 18.2 Å². The minimum Gasteiger partial charge on any atom is -0.496 e. The van der Waals surface area contributed by atoms with E-state index in [1.807, 2.05) is 0 Å².